The molecule has 0 saturated carbocycles. The van der Waals surface area contributed by atoms with Crippen molar-refractivity contribution in [3.05, 3.63) is 18.2 Å². The Hall–Kier alpha value is -1.42. The van der Waals surface area contributed by atoms with Crippen LogP contribution in [-0.2, 0) is 0 Å². The van der Waals surface area contributed by atoms with Gasteiger partial charge in [-0.25, -0.2) is 0 Å². The molecule has 0 heterocycles. The van der Waals surface area contributed by atoms with E-state index in [9.17, 15) is 0 Å². The van der Waals surface area contributed by atoms with E-state index >= 15 is 0 Å². The molecule has 0 aliphatic heterocycles. The van der Waals surface area contributed by atoms with Gasteiger partial charge in [0.2, 0.25) is 0 Å². The Morgan fingerprint density at radius 3 is 2.09 bits per heavy atom. The molecule has 0 atom stereocenters. The minimum Gasteiger partial charge on any atom is -0.508 e. The maximum absolute atomic E-state index is 8.90. The molecule has 60 valence electrons. The van der Waals surface area contributed by atoms with Crippen molar-refractivity contribution in [2.75, 3.05) is 6.79 Å². The lowest BCUT2D eigenvalue weighted by atomic mass is 10.3. The van der Waals surface area contributed by atoms with Gasteiger partial charge in [-0.3, -0.25) is 0 Å². The number of phenolic OH excluding ortho intramolecular Hbond substituents is 2. The lowest BCUT2D eigenvalue weighted by molar-refractivity contribution is 0.0981. The van der Waals surface area contributed by atoms with Crippen LogP contribution in [0.3, 0.4) is 0 Å². The van der Waals surface area contributed by atoms with Crippen LogP contribution in [0.1, 0.15) is 0 Å². The van der Waals surface area contributed by atoms with Crippen LogP contribution in [-0.4, -0.2) is 22.1 Å². The predicted octanol–water partition coefficient (Wildman–Crippen LogP) is 0.426. The largest absolute Gasteiger partial charge is 0.508 e. The molecule has 0 aliphatic rings. The summed E-state index contributed by atoms with van der Waals surface area (Å²) in [6.07, 6.45) is 0. The standard InChI is InChI=1S/C7H8O4/c8-4-11-7-2-5(9)1-6(10)3-7/h1-3,8-10H,4H2. The van der Waals surface area contributed by atoms with Gasteiger partial charge in [0.05, 0.1) is 0 Å². The summed E-state index contributed by atoms with van der Waals surface area (Å²) in [4.78, 5) is 0. The number of benzene rings is 1. The lowest BCUT2D eigenvalue weighted by Gasteiger charge is -2.02. The number of aromatic hydroxyl groups is 2. The molecule has 1 rings (SSSR count). The molecule has 0 unspecified atom stereocenters. The molecule has 0 spiro atoms. The Morgan fingerprint density at radius 1 is 1.09 bits per heavy atom. The van der Waals surface area contributed by atoms with Crippen LogP contribution in [0.15, 0.2) is 18.2 Å². The van der Waals surface area contributed by atoms with Crippen molar-refractivity contribution in [3.8, 4) is 17.2 Å². The smallest absolute Gasteiger partial charge is 0.186 e. The monoisotopic (exact) mass is 156 g/mol. The summed E-state index contributed by atoms with van der Waals surface area (Å²) >= 11 is 0. The Bertz CT molecular complexity index is 226. The second-order valence-electron chi connectivity index (χ2n) is 1.96. The molecule has 0 bridgehead atoms. The third-order valence-electron chi connectivity index (χ3n) is 1.11. The number of phenols is 2. The molecule has 1 aromatic rings. The van der Waals surface area contributed by atoms with Crippen molar-refractivity contribution in [1.82, 2.24) is 0 Å². The Labute approximate surface area is 63.3 Å². The van der Waals surface area contributed by atoms with Crippen molar-refractivity contribution in [2.24, 2.45) is 0 Å². The van der Waals surface area contributed by atoms with Crippen LogP contribution in [0, 0.1) is 0 Å². The molecule has 3 N–H and O–H groups in total. The normalized spacial score (nSPS) is 9.55. The molecule has 0 amide bonds. The fraction of sp³-hybridized carbons (Fsp3) is 0.143. The molecule has 0 saturated heterocycles. The van der Waals surface area contributed by atoms with Gasteiger partial charge in [-0.15, -0.1) is 0 Å². The van der Waals surface area contributed by atoms with Gasteiger partial charge in [0.25, 0.3) is 0 Å². The average Bonchev–Trinajstić information content (AvgIpc) is 1.85. The summed E-state index contributed by atoms with van der Waals surface area (Å²) in [6.45, 7) is -0.483. The van der Waals surface area contributed by atoms with E-state index in [1.807, 2.05) is 0 Å². The van der Waals surface area contributed by atoms with Crippen molar-refractivity contribution in [1.29, 1.82) is 0 Å². The Morgan fingerprint density at radius 2 is 1.64 bits per heavy atom. The summed E-state index contributed by atoms with van der Waals surface area (Å²) in [5, 5.41) is 26.1. The molecule has 0 aromatic heterocycles. The van der Waals surface area contributed by atoms with E-state index in [4.69, 9.17) is 15.3 Å². The van der Waals surface area contributed by atoms with E-state index in [2.05, 4.69) is 4.74 Å². The van der Waals surface area contributed by atoms with Gasteiger partial charge in [-0.05, 0) is 0 Å². The van der Waals surface area contributed by atoms with Crippen molar-refractivity contribution >= 4 is 0 Å². The van der Waals surface area contributed by atoms with Crippen molar-refractivity contribution in [2.45, 2.75) is 0 Å². The van der Waals surface area contributed by atoms with E-state index in [1.165, 1.54) is 18.2 Å². The minimum atomic E-state index is -0.483. The highest BCUT2D eigenvalue weighted by Crippen LogP contribution is 2.25. The quantitative estimate of drug-likeness (QED) is 0.543. The Kier molecular flexibility index (Phi) is 2.18. The zero-order chi connectivity index (χ0) is 8.27. The van der Waals surface area contributed by atoms with Crippen LogP contribution in [0.25, 0.3) is 0 Å². The fourth-order valence-corrected chi connectivity index (χ4v) is 0.726. The zero-order valence-electron chi connectivity index (χ0n) is 5.69. The number of rotatable bonds is 2. The molecule has 11 heavy (non-hydrogen) atoms. The van der Waals surface area contributed by atoms with Crippen LogP contribution < -0.4 is 4.74 Å². The third kappa shape index (κ3) is 2.01. The second-order valence-corrected chi connectivity index (χ2v) is 1.96. The summed E-state index contributed by atoms with van der Waals surface area (Å²) in [7, 11) is 0. The number of ether oxygens (including phenoxy) is 1. The van der Waals surface area contributed by atoms with Crippen LogP contribution in [0.2, 0.25) is 0 Å². The molecular formula is C7H8O4. The van der Waals surface area contributed by atoms with Crippen LogP contribution in [0.4, 0.5) is 0 Å². The van der Waals surface area contributed by atoms with Crippen molar-refractivity contribution in [3.63, 3.8) is 0 Å². The highest BCUT2D eigenvalue weighted by Gasteiger charge is 1.98. The van der Waals surface area contributed by atoms with E-state index in [1.54, 1.807) is 0 Å². The number of aliphatic hydroxyl groups is 1. The third-order valence-corrected chi connectivity index (χ3v) is 1.11. The fourth-order valence-electron chi connectivity index (χ4n) is 0.726. The summed E-state index contributed by atoms with van der Waals surface area (Å²) in [5.74, 6) is 0.0203. The van der Waals surface area contributed by atoms with Gasteiger partial charge in [-0.1, -0.05) is 0 Å². The van der Waals surface area contributed by atoms with Crippen LogP contribution >= 0.6 is 0 Å². The number of hydrogen-bond donors (Lipinski definition) is 3. The zero-order valence-corrected chi connectivity index (χ0v) is 5.69. The van der Waals surface area contributed by atoms with E-state index in [0.717, 1.165) is 0 Å². The maximum Gasteiger partial charge on any atom is 0.186 e. The first kappa shape index (κ1) is 7.68. The second kappa shape index (κ2) is 3.12. The first-order chi connectivity index (χ1) is 5.22. The SMILES string of the molecule is OCOc1cc(O)cc(O)c1. The number of hydrogen-bond acceptors (Lipinski definition) is 4. The van der Waals surface area contributed by atoms with E-state index in [-0.39, 0.29) is 17.2 Å². The van der Waals surface area contributed by atoms with Gasteiger partial charge in [-0.2, -0.15) is 0 Å². The molecule has 0 fully saturated rings. The highest BCUT2D eigenvalue weighted by atomic mass is 16.6. The molecule has 0 aliphatic carbocycles. The van der Waals surface area contributed by atoms with Gasteiger partial charge in [0.15, 0.2) is 6.79 Å². The van der Waals surface area contributed by atoms with Crippen molar-refractivity contribution < 1.29 is 20.1 Å². The topological polar surface area (TPSA) is 69.9 Å². The summed E-state index contributed by atoms with van der Waals surface area (Å²) in [6, 6.07) is 3.75. The maximum atomic E-state index is 8.90. The first-order valence-corrected chi connectivity index (χ1v) is 2.99. The van der Waals surface area contributed by atoms with E-state index < -0.39 is 6.79 Å². The molecule has 1 aromatic carbocycles. The van der Waals surface area contributed by atoms with Gasteiger partial charge < -0.3 is 20.1 Å². The van der Waals surface area contributed by atoms with Crippen LogP contribution in [0.5, 0.6) is 17.2 Å². The van der Waals surface area contributed by atoms with Gasteiger partial charge in [0.1, 0.15) is 17.2 Å². The molecule has 0 radical (unpaired) electrons. The first-order valence-electron chi connectivity index (χ1n) is 2.99. The molecule has 4 nitrogen and oxygen atoms in total. The lowest BCUT2D eigenvalue weighted by Crippen LogP contribution is -1.93. The average molecular weight is 156 g/mol. The molecule has 4 heteroatoms. The summed E-state index contributed by atoms with van der Waals surface area (Å²) in [5.41, 5.74) is 0. The number of aliphatic hydroxyl groups excluding tert-OH is 1. The minimum absolute atomic E-state index is 0.103. The van der Waals surface area contributed by atoms with E-state index in [0.29, 0.717) is 0 Å². The summed E-state index contributed by atoms with van der Waals surface area (Å²) < 4.78 is 4.60. The molecular weight excluding hydrogens is 148 g/mol. The van der Waals surface area contributed by atoms with Gasteiger partial charge >= 0.3 is 0 Å². The predicted molar refractivity (Wildman–Crippen MR) is 37.5 cm³/mol. The highest BCUT2D eigenvalue weighted by molar-refractivity contribution is 5.40. The van der Waals surface area contributed by atoms with Gasteiger partial charge in [0, 0.05) is 18.2 Å². The Balaban J connectivity index is 2.89.